The molecule has 0 aliphatic heterocycles. The average Bonchev–Trinajstić information content (AvgIpc) is 2.33. The Morgan fingerprint density at radius 1 is 1.05 bits per heavy atom. The van der Waals surface area contributed by atoms with Crippen molar-refractivity contribution in [2.24, 2.45) is 0 Å². The summed E-state index contributed by atoms with van der Waals surface area (Å²) in [6, 6.07) is 7.73. The molecule has 3 N–H and O–H groups in total. The molecular formula is C16H17FN2O. The first-order chi connectivity index (χ1) is 9.38. The molecule has 0 unspecified atom stereocenters. The summed E-state index contributed by atoms with van der Waals surface area (Å²) in [5, 5.41) is 2.87. The molecule has 4 heteroatoms. The van der Waals surface area contributed by atoms with Crippen molar-refractivity contribution in [3.8, 4) is 0 Å². The van der Waals surface area contributed by atoms with Crippen LogP contribution in [0.15, 0.2) is 30.3 Å². The maximum atomic E-state index is 13.1. The molecule has 0 aromatic heterocycles. The van der Waals surface area contributed by atoms with E-state index in [-0.39, 0.29) is 11.7 Å². The number of nitrogen functional groups attached to an aromatic ring is 1. The predicted molar refractivity (Wildman–Crippen MR) is 79.4 cm³/mol. The van der Waals surface area contributed by atoms with E-state index in [0.29, 0.717) is 16.8 Å². The second-order valence-electron chi connectivity index (χ2n) is 4.94. The first-order valence-electron chi connectivity index (χ1n) is 6.32. The first kappa shape index (κ1) is 14.1. The third-order valence-electron chi connectivity index (χ3n) is 3.23. The minimum atomic E-state index is -0.348. The quantitative estimate of drug-likeness (QED) is 0.821. The molecule has 3 nitrogen and oxygen atoms in total. The van der Waals surface area contributed by atoms with Crippen LogP contribution in [-0.4, -0.2) is 5.91 Å². The summed E-state index contributed by atoms with van der Waals surface area (Å²) in [4.78, 5) is 12.3. The van der Waals surface area contributed by atoms with E-state index in [9.17, 15) is 9.18 Å². The second-order valence-corrected chi connectivity index (χ2v) is 4.94. The van der Waals surface area contributed by atoms with Crippen LogP contribution in [0.1, 0.15) is 27.0 Å². The zero-order valence-corrected chi connectivity index (χ0v) is 11.8. The van der Waals surface area contributed by atoms with Crippen molar-refractivity contribution in [3.05, 3.63) is 58.4 Å². The molecule has 0 spiro atoms. The van der Waals surface area contributed by atoms with Gasteiger partial charge in [-0.1, -0.05) is 0 Å². The van der Waals surface area contributed by atoms with Gasteiger partial charge in [-0.3, -0.25) is 4.79 Å². The number of nitrogens with one attached hydrogen (secondary N) is 1. The Morgan fingerprint density at radius 3 is 2.20 bits per heavy atom. The summed E-state index contributed by atoms with van der Waals surface area (Å²) >= 11 is 0. The van der Waals surface area contributed by atoms with Gasteiger partial charge in [-0.05, 0) is 67.8 Å². The van der Waals surface area contributed by atoms with E-state index in [2.05, 4.69) is 5.32 Å². The van der Waals surface area contributed by atoms with Gasteiger partial charge >= 0.3 is 0 Å². The molecule has 0 aliphatic rings. The summed E-state index contributed by atoms with van der Waals surface area (Å²) in [7, 11) is 0. The number of nitrogens with two attached hydrogens (primary N) is 1. The van der Waals surface area contributed by atoms with Crippen LogP contribution in [0.3, 0.4) is 0 Å². The molecule has 20 heavy (non-hydrogen) atoms. The number of hydrogen-bond acceptors (Lipinski definition) is 2. The summed E-state index contributed by atoms with van der Waals surface area (Å²) < 4.78 is 13.1. The number of anilines is 2. The molecule has 0 heterocycles. The van der Waals surface area contributed by atoms with Crippen molar-refractivity contribution in [2.75, 3.05) is 11.1 Å². The predicted octanol–water partition coefficient (Wildman–Crippen LogP) is 3.59. The molecule has 0 saturated heterocycles. The SMILES string of the molecule is Cc1cc(F)ccc1C(=O)Nc1c(C)cc(N)cc1C. The lowest BCUT2D eigenvalue weighted by Crippen LogP contribution is -2.15. The Bertz CT molecular complexity index is 657. The Balaban J connectivity index is 2.33. The summed E-state index contributed by atoms with van der Waals surface area (Å²) in [5.74, 6) is -0.600. The molecule has 2 aromatic rings. The van der Waals surface area contributed by atoms with Gasteiger partial charge in [0.05, 0.1) is 0 Å². The highest BCUT2D eigenvalue weighted by Gasteiger charge is 2.12. The molecular weight excluding hydrogens is 255 g/mol. The normalized spacial score (nSPS) is 10.4. The van der Waals surface area contributed by atoms with E-state index in [1.54, 1.807) is 19.1 Å². The lowest BCUT2D eigenvalue weighted by atomic mass is 10.1. The van der Waals surface area contributed by atoms with Gasteiger partial charge in [-0.15, -0.1) is 0 Å². The van der Waals surface area contributed by atoms with Crippen LogP contribution in [0.4, 0.5) is 15.8 Å². The first-order valence-corrected chi connectivity index (χ1v) is 6.32. The van der Waals surface area contributed by atoms with Crippen molar-refractivity contribution >= 4 is 17.3 Å². The zero-order valence-electron chi connectivity index (χ0n) is 11.8. The van der Waals surface area contributed by atoms with Gasteiger partial charge < -0.3 is 11.1 Å². The highest BCUT2D eigenvalue weighted by Crippen LogP contribution is 2.24. The smallest absolute Gasteiger partial charge is 0.255 e. The fraction of sp³-hybridized carbons (Fsp3) is 0.188. The van der Waals surface area contributed by atoms with Crippen LogP contribution in [0.2, 0.25) is 0 Å². The van der Waals surface area contributed by atoms with Crippen molar-refractivity contribution in [3.63, 3.8) is 0 Å². The monoisotopic (exact) mass is 272 g/mol. The number of halogens is 1. The van der Waals surface area contributed by atoms with Gasteiger partial charge in [-0.25, -0.2) is 4.39 Å². The number of aryl methyl sites for hydroxylation is 3. The molecule has 0 atom stereocenters. The van der Waals surface area contributed by atoms with E-state index in [4.69, 9.17) is 5.73 Å². The summed E-state index contributed by atoms with van der Waals surface area (Å²) in [6.45, 7) is 5.48. The lowest BCUT2D eigenvalue weighted by molar-refractivity contribution is 0.102. The van der Waals surface area contributed by atoms with Gasteiger partial charge in [0.25, 0.3) is 5.91 Å². The van der Waals surface area contributed by atoms with E-state index < -0.39 is 0 Å². The van der Waals surface area contributed by atoms with Gasteiger partial charge in [0.15, 0.2) is 0 Å². The maximum absolute atomic E-state index is 13.1. The molecule has 0 bridgehead atoms. The molecule has 0 radical (unpaired) electrons. The van der Waals surface area contributed by atoms with Crippen molar-refractivity contribution < 1.29 is 9.18 Å². The third kappa shape index (κ3) is 2.79. The number of rotatable bonds is 2. The molecule has 1 amide bonds. The molecule has 0 saturated carbocycles. The van der Waals surface area contributed by atoms with Crippen molar-refractivity contribution in [1.29, 1.82) is 0 Å². The average molecular weight is 272 g/mol. The number of benzene rings is 2. The maximum Gasteiger partial charge on any atom is 0.255 e. The Kier molecular flexibility index (Phi) is 3.74. The van der Waals surface area contributed by atoms with E-state index in [1.807, 2.05) is 13.8 Å². The summed E-state index contributed by atoms with van der Waals surface area (Å²) in [5.41, 5.74) is 10.0. The minimum Gasteiger partial charge on any atom is -0.399 e. The fourth-order valence-corrected chi connectivity index (χ4v) is 2.26. The second kappa shape index (κ2) is 5.33. The number of carbonyl (C=O) groups excluding carboxylic acids is 1. The minimum absolute atomic E-state index is 0.251. The lowest BCUT2D eigenvalue weighted by Gasteiger charge is -2.13. The highest BCUT2D eigenvalue weighted by atomic mass is 19.1. The van der Waals surface area contributed by atoms with Gasteiger partial charge in [-0.2, -0.15) is 0 Å². The Morgan fingerprint density at radius 2 is 1.65 bits per heavy atom. The van der Waals surface area contributed by atoms with Crippen LogP contribution >= 0.6 is 0 Å². The third-order valence-corrected chi connectivity index (χ3v) is 3.23. The zero-order chi connectivity index (χ0) is 14.9. The van der Waals surface area contributed by atoms with E-state index in [0.717, 1.165) is 16.8 Å². The largest absolute Gasteiger partial charge is 0.399 e. The molecule has 0 aliphatic carbocycles. The molecule has 104 valence electrons. The van der Waals surface area contributed by atoms with Crippen LogP contribution < -0.4 is 11.1 Å². The van der Waals surface area contributed by atoms with Crippen LogP contribution in [-0.2, 0) is 0 Å². The van der Waals surface area contributed by atoms with Crippen molar-refractivity contribution in [2.45, 2.75) is 20.8 Å². The van der Waals surface area contributed by atoms with Crippen LogP contribution in [0, 0.1) is 26.6 Å². The standard InChI is InChI=1S/C16H17FN2O/c1-9-6-12(17)4-5-14(9)16(20)19-15-10(2)7-13(18)8-11(15)3/h4-8H,18H2,1-3H3,(H,19,20). The van der Waals surface area contributed by atoms with Crippen LogP contribution in [0.5, 0.6) is 0 Å². The number of carbonyl (C=O) groups is 1. The van der Waals surface area contributed by atoms with Gasteiger partial charge in [0.2, 0.25) is 0 Å². The fourth-order valence-electron chi connectivity index (χ4n) is 2.26. The van der Waals surface area contributed by atoms with E-state index in [1.165, 1.54) is 18.2 Å². The Hall–Kier alpha value is -2.36. The molecule has 2 rings (SSSR count). The van der Waals surface area contributed by atoms with Gasteiger partial charge in [0, 0.05) is 16.9 Å². The Labute approximate surface area is 117 Å². The summed E-state index contributed by atoms with van der Waals surface area (Å²) in [6.07, 6.45) is 0. The molecule has 2 aromatic carbocycles. The van der Waals surface area contributed by atoms with Crippen LogP contribution in [0.25, 0.3) is 0 Å². The topological polar surface area (TPSA) is 55.1 Å². The highest BCUT2D eigenvalue weighted by molar-refractivity contribution is 6.06. The number of amides is 1. The molecule has 0 fully saturated rings. The van der Waals surface area contributed by atoms with E-state index >= 15 is 0 Å². The number of hydrogen-bond donors (Lipinski definition) is 2. The van der Waals surface area contributed by atoms with Gasteiger partial charge in [0.1, 0.15) is 5.82 Å². The van der Waals surface area contributed by atoms with Crippen molar-refractivity contribution in [1.82, 2.24) is 0 Å².